The third-order valence-corrected chi connectivity index (χ3v) is 4.83. The molecule has 0 aliphatic carbocycles. The van der Waals surface area contributed by atoms with Gasteiger partial charge >= 0.3 is 0 Å². The molecule has 0 atom stereocenters. The Labute approximate surface area is 137 Å². The molecule has 4 rings (SSSR count). The normalized spacial score (nSPS) is 16.1. The summed E-state index contributed by atoms with van der Waals surface area (Å²) in [6.07, 6.45) is 2.22. The van der Waals surface area contributed by atoms with Crippen LogP contribution in [0.3, 0.4) is 0 Å². The molecule has 0 unspecified atom stereocenters. The van der Waals surface area contributed by atoms with E-state index in [1.807, 2.05) is 0 Å². The van der Waals surface area contributed by atoms with Gasteiger partial charge in [-0.1, -0.05) is 36.4 Å². The molecule has 23 heavy (non-hydrogen) atoms. The van der Waals surface area contributed by atoms with E-state index in [-0.39, 0.29) is 0 Å². The molecule has 1 saturated heterocycles. The first-order chi connectivity index (χ1) is 11.3. The number of fused-ring (bicyclic) bond motifs is 1. The van der Waals surface area contributed by atoms with E-state index >= 15 is 0 Å². The Morgan fingerprint density at radius 3 is 2.39 bits per heavy atom. The van der Waals surface area contributed by atoms with E-state index in [1.165, 1.54) is 22.2 Å². The van der Waals surface area contributed by atoms with Crippen molar-refractivity contribution < 1.29 is 0 Å². The van der Waals surface area contributed by atoms with Crippen LogP contribution in [0.1, 0.15) is 5.56 Å². The molecule has 1 aliphatic rings. The second kappa shape index (κ2) is 6.09. The molecule has 118 valence electrons. The monoisotopic (exact) mass is 305 g/mol. The van der Waals surface area contributed by atoms with E-state index in [9.17, 15) is 0 Å². The zero-order valence-electron chi connectivity index (χ0n) is 13.7. The van der Waals surface area contributed by atoms with E-state index in [0.717, 1.165) is 32.7 Å². The smallest absolute Gasteiger partial charge is 0.0504 e. The number of likely N-dealkylation sites (N-methyl/N-ethyl adjacent to an activating group) is 1. The van der Waals surface area contributed by atoms with E-state index in [2.05, 4.69) is 82.2 Å². The van der Waals surface area contributed by atoms with Crippen molar-refractivity contribution in [2.75, 3.05) is 38.1 Å². The van der Waals surface area contributed by atoms with Crippen LogP contribution in [-0.2, 0) is 6.54 Å². The molecule has 3 nitrogen and oxygen atoms in total. The molecule has 2 heterocycles. The SMILES string of the molecule is CN1CCN(c2cccc3c2ccn3Cc2ccccc2)CC1. The maximum absolute atomic E-state index is 2.52. The second-order valence-electron chi connectivity index (χ2n) is 6.43. The van der Waals surface area contributed by atoms with Gasteiger partial charge in [-0.15, -0.1) is 0 Å². The van der Waals surface area contributed by atoms with Gasteiger partial charge in [0.15, 0.2) is 0 Å². The fraction of sp³-hybridized carbons (Fsp3) is 0.300. The summed E-state index contributed by atoms with van der Waals surface area (Å²) < 4.78 is 2.35. The lowest BCUT2D eigenvalue weighted by Gasteiger charge is -2.34. The Morgan fingerprint density at radius 2 is 1.61 bits per heavy atom. The lowest BCUT2D eigenvalue weighted by molar-refractivity contribution is 0.313. The summed E-state index contributed by atoms with van der Waals surface area (Å²) in [5.74, 6) is 0. The summed E-state index contributed by atoms with van der Waals surface area (Å²) >= 11 is 0. The van der Waals surface area contributed by atoms with Crippen molar-refractivity contribution >= 4 is 16.6 Å². The van der Waals surface area contributed by atoms with Gasteiger partial charge in [0.25, 0.3) is 0 Å². The van der Waals surface area contributed by atoms with Crippen molar-refractivity contribution in [2.24, 2.45) is 0 Å². The minimum Gasteiger partial charge on any atom is -0.368 e. The topological polar surface area (TPSA) is 11.4 Å². The fourth-order valence-electron chi connectivity index (χ4n) is 3.45. The number of piperazine rings is 1. The molecule has 0 saturated carbocycles. The van der Waals surface area contributed by atoms with Crippen LogP contribution >= 0.6 is 0 Å². The van der Waals surface area contributed by atoms with Gasteiger partial charge in [-0.3, -0.25) is 0 Å². The first-order valence-electron chi connectivity index (χ1n) is 8.36. The highest BCUT2D eigenvalue weighted by atomic mass is 15.2. The predicted octanol–water partition coefficient (Wildman–Crippen LogP) is 3.44. The minimum atomic E-state index is 0.927. The average Bonchev–Trinajstić information content (AvgIpc) is 3.00. The average molecular weight is 305 g/mol. The number of rotatable bonds is 3. The van der Waals surface area contributed by atoms with Gasteiger partial charge in [-0.05, 0) is 30.8 Å². The zero-order valence-corrected chi connectivity index (χ0v) is 13.7. The summed E-state index contributed by atoms with van der Waals surface area (Å²) in [6.45, 7) is 5.43. The Balaban J connectivity index is 1.66. The highest BCUT2D eigenvalue weighted by Gasteiger charge is 2.17. The molecule has 3 aromatic rings. The third kappa shape index (κ3) is 2.84. The Kier molecular flexibility index (Phi) is 3.80. The summed E-state index contributed by atoms with van der Waals surface area (Å²) in [4.78, 5) is 4.92. The van der Waals surface area contributed by atoms with E-state index < -0.39 is 0 Å². The largest absolute Gasteiger partial charge is 0.368 e. The van der Waals surface area contributed by atoms with E-state index in [0.29, 0.717) is 0 Å². The Bertz CT molecular complexity index is 783. The standard InChI is InChI=1S/C20H23N3/c1-21-12-14-22(15-13-21)19-8-5-9-20-18(19)10-11-23(20)16-17-6-3-2-4-7-17/h2-11H,12-16H2,1H3. The van der Waals surface area contributed by atoms with Crippen LogP contribution in [0.4, 0.5) is 5.69 Å². The molecule has 0 spiro atoms. The molecule has 1 aromatic heterocycles. The first-order valence-corrected chi connectivity index (χ1v) is 8.36. The van der Waals surface area contributed by atoms with Gasteiger partial charge in [-0.2, -0.15) is 0 Å². The minimum absolute atomic E-state index is 0.927. The molecule has 3 heteroatoms. The van der Waals surface area contributed by atoms with Gasteiger partial charge in [0.2, 0.25) is 0 Å². The highest BCUT2D eigenvalue weighted by Crippen LogP contribution is 2.29. The second-order valence-corrected chi connectivity index (χ2v) is 6.43. The number of hydrogen-bond acceptors (Lipinski definition) is 2. The van der Waals surface area contributed by atoms with Crippen molar-refractivity contribution in [3.63, 3.8) is 0 Å². The summed E-state index contributed by atoms with van der Waals surface area (Å²) in [6, 6.07) is 19.6. The molecule has 0 bridgehead atoms. The number of aromatic nitrogens is 1. The van der Waals surface area contributed by atoms with E-state index in [4.69, 9.17) is 0 Å². The van der Waals surface area contributed by atoms with Crippen molar-refractivity contribution in [1.82, 2.24) is 9.47 Å². The molecular formula is C20H23N3. The third-order valence-electron chi connectivity index (χ3n) is 4.83. The number of benzene rings is 2. The van der Waals surface area contributed by atoms with Gasteiger partial charge < -0.3 is 14.4 Å². The Morgan fingerprint density at radius 1 is 0.826 bits per heavy atom. The lowest BCUT2D eigenvalue weighted by atomic mass is 10.1. The number of nitrogens with zero attached hydrogens (tertiary/aromatic N) is 3. The Hall–Kier alpha value is -2.26. The van der Waals surface area contributed by atoms with Crippen molar-refractivity contribution in [2.45, 2.75) is 6.54 Å². The number of hydrogen-bond donors (Lipinski definition) is 0. The van der Waals surface area contributed by atoms with Gasteiger partial charge in [0.05, 0.1) is 5.52 Å². The van der Waals surface area contributed by atoms with E-state index in [1.54, 1.807) is 0 Å². The summed E-state index contributed by atoms with van der Waals surface area (Å²) in [5, 5.41) is 1.37. The molecule has 1 aliphatic heterocycles. The molecule has 0 N–H and O–H groups in total. The number of anilines is 1. The molecular weight excluding hydrogens is 282 g/mol. The summed E-state index contributed by atoms with van der Waals surface area (Å²) in [5.41, 5.74) is 4.04. The van der Waals surface area contributed by atoms with Crippen LogP contribution in [0.5, 0.6) is 0 Å². The van der Waals surface area contributed by atoms with Gasteiger partial charge in [0, 0.05) is 50.0 Å². The molecule has 0 amide bonds. The lowest BCUT2D eigenvalue weighted by Crippen LogP contribution is -2.44. The first kappa shape index (κ1) is 14.3. The fourth-order valence-corrected chi connectivity index (χ4v) is 3.45. The maximum Gasteiger partial charge on any atom is 0.0504 e. The van der Waals surface area contributed by atoms with Crippen LogP contribution in [-0.4, -0.2) is 42.7 Å². The quantitative estimate of drug-likeness (QED) is 0.734. The van der Waals surface area contributed by atoms with Crippen LogP contribution in [0, 0.1) is 0 Å². The van der Waals surface area contributed by atoms with Crippen LogP contribution in [0.15, 0.2) is 60.8 Å². The van der Waals surface area contributed by atoms with Gasteiger partial charge in [-0.25, -0.2) is 0 Å². The van der Waals surface area contributed by atoms with Crippen LogP contribution in [0.25, 0.3) is 10.9 Å². The van der Waals surface area contributed by atoms with Crippen LogP contribution in [0.2, 0.25) is 0 Å². The molecule has 1 fully saturated rings. The molecule has 2 aromatic carbocycles. The summed E-state index contributed by atoms with van der Waals surface area (Å²) in [7, 11) is 2.20. The van der Waals surface area contributed by atoms with Crippen LogP contribution < -0.4 is 4.90 Å². The van der Waals surface area contributed by atoms with Crippen molar-refractivity contribution in [3.05, 3.63) is 66.4 Å². The molecule has 0 radical (unpaired) electrons. The predicted molar refractivity (Wildman–Crippen MR) is 97.2 cm³/mol. The maximum atomic E-state index is 2.52. The zero-order chi connectivity index (χ0) is 15.6. The van der Waals surface area contributed by atoms with Crippen molar-refractivity contribution in [3.8, 4) is 0 Å². The van der Waals surface area contributed by atoms with Crippen molar-refractivity contribution in [1.29, 1.82) is 0 Å². The van der Waals surface area contributed by atoms with Gasteiger partial charge in [0.1, 0.15) is 0 Å². The highest BCUT2D eigenvalue weighted by molar-refractivity contribution is 5.93.